The van der Waals surface area contributed by atoms with Gasteiger partial charge in [-0.3, -0.25) is 15.5 Å². The van der Waals surface area contributed by atoms with Crippen molar-refractivity contribution in [2.24, 2.45) is 16.9 Å². The Morgan fingerprint density at radius 2 is 1.78 bits per heavy atom. The molecule has 0 saturated heterocycles. The maximum absolute atomic E-state index is 11.1. The Morgan fingerprint density at radius 1 is 1.04 bits per heavy atom. The summed E-state index contributed by atoms with van der Waals surface area (Å²) in [6.07, 6.45) is 11.4. The quantitative estimate of drug-likeness (QED) is 0.618. The lowest BCUT2D eigenvalue weighted by atomic mass is 9.72. The topological polar surface area (TPSA) is 67.5 Å². The Labute approximate surface area is 137 Å². The minimum atomic E-state index is -0.359. The molecule has 1 aromatic rings. The average molecular weight is 315 g/mol. The number of rotatable bonds is 4. The third kappa shape index (κ3) is 3.89. The molecular weight excluding hydrogens is 290 g/mol. The number of benzene rings is 1. The summed E-state index contributed by atoms with van der Waals surface area (Å²) >= 11 is 0. The number of nitrogens with zero attached hydrogens (tertiary/aromatic N) is 2. The van der Waals surface area contributed by atoms with Gasteiger partial charge in [-0.2, -0.15) is 5.10 Å². The van der Waals surface area contributed by atoms with Gasteiger partial charge < -0.3 is 0 Å². The smallest absolute Gasteiger partial charge is 0.272 e. The van der Waals surface area contributed by atoms with Crippen LogP contribution in [0.1, 0.15) is 57.8 Å². The van der Waals surface area contributed by atoms with E-state index in [4.69, 9.17) is 0 Å². The lowest BCUT2D eigenvalue weighted by molar-refractivity contribution is -0.384. The van der Waals surface area contributed by atoms with Gasteiger partial charge in [-0.05, 0) is 44.1 Å². The fourth-order valence-corrected chi connectivity index (χ4v) is 4.06. The highest BCUT2D eigenvalue weighted by Gasteiger charge is 2.29. The molecule has 0 amide bonds. The van der Waals surface area contributed by atoms with Crippen LogP contribution in [0.15, 0.2) is 29.4 Å². The molecule has 0 spiro atoms. The van der Waals surface area contributed by atoms with E-state index in [9.17, 15) is 10.1 Å². The molecule has 23 heavy (non-hydrogen) atoms. The van der Waals surface area contributed by atoms with Gasteiger partial charge in [0.15, 0.2) is 0 Å². The molecule has 0 heterocycles. The van der Waals surface area contributed by atoms with Crippen LogP contribution >= 0.6 is 0 Å². The van der Waals surface area contributed by atoms with E-state index in [1.165, 1.54) is 63.1 Å². The van der Waals surface area contributed by atoms with Crippen LogP contribution in [0, 0.1) is 22.0 Å². The summed E-state index contributed by atoms with van der Waals surface area (Å²) in [4.78, 5) is 10.7. The van der Waals surface area contributed by atoms with Crippen LogP contribution < -0.4 is 5.43 Å². The molecule has 2 aliphatic carbocycles. The number of para-hydroxylation sites is 2. The average Bonchev–Trinajstić information content (AvgIpc) is 2.61. The second-order valence-corrected chi connectivity index (χ2v) is 6.74. The molecule has 0 aromatic heterocycles. The maximum Gasteiger partial charge on any atom is 0.294 e. The summed E-state index contributed by atoms with van der Waals surface area (Å²) in [5, 5.41) is 15.7. The van der Waals surface area contributed by atoms with E-state index < -0.39 is 0 Å². The van der Waals surface area contributed by atoms with Gasteiger partial charge in [0.05, 0.1) is 4.92 Å². The first-order valence-corrected chi connectivity index (χ1v) is 8.81. The predicted molar refractivity (Wildman–Crippen MR) is 92.7 cm³/mol. The molecule has 0 bridgehead atoms. The molecule has 2 aliphatic rings. The molecule has 1 atom stereocenters. The van der Waals surface area contributed by atoms with Gasteiger partial charge >= 0.3 is 0 Å². The van der Waals surface area contributed by atoms with E-state index in [-0.39, 0.29) is 10.6 Å². The summed E-state index contributed by atoms with van der Waals surface area (Å²) in [7, 11) is 0. The van der Waals surface area contributed by atoms with E-state index >= 15 is 0 Å². The molecule has 0 aliphatic heterocycles. The lowest BCUT2D eigenvalue weighted by Crippen LogP contribution is -2.29. The molecule has 1 aromatic carbocycles. The second kappa shape index (κ2) is 7.57. The number of hydrogen-bond acceptors (Lipinski definition) is 4. The van der Waals surface area contributed by atoms with Crippen molar-refractivity contribution in [1.82, 2.24) is 0 Å². The molecule has 1 N–H and O–H groups in total. The molecule has 124 valence electrons. The minimum absolute atomic E-state index is 0.0851. The van der Waals surface area contributed by atoms with Gasteiger partial charge in [-0.15, -0.1) is 0 Å². The third-order valence-corrected chi connectivity index (χ3v) is 5.27. The van der Waals surface area contributed by atoms with Gasteiger partial charge in [0.2, 0.25) is 0 Å². The molecule has 5 heteroatoms. The van der Waals surface area contributed by atoms with E-state index in [2.05, 4.69) is 10.5 Å². The van der Waals surface area contributed by atoms with E-state index in [0.29, 0.717) is 11.6 Å². The molecule has 3 rings (SSSR count). The van der Waals surface area contributed by atoms with Crippen LogP contribution in [0.25, 0.3) is 0 Å². The minimum Gasteiger partial charge on any atom is -0.272 e. The Bertz CT molecular complexity index is 579. The summed E-state index contributed by atoms with van der Waals surface area (Å²) in [6, 6.07) is 6.72. The summed E-state index contributed by atoms with van der Waals surface area (Å²) in [5.74, 6) is 1.33. The van der Waals surface area contributed by atoms with Gasteiger partial charge in [0, 0.05) is 17.7 Å². The molecule has 2 saturated carbocycles. The number of anilines is 1. The number of hydrazone groups is 1. The van der Waals surface area contributed by atoms with Crippen molar-refractivity contribution in [2.45, 2.75) is 57.8 Å². The first kappa shape index (κ1) is 16.0. The molecule has 2 fully saturated rings. The second-order valence-electron chi connectivity index (χ2n) is 6.74. The normalized spacial score (nSPS) is 24.5. The summed E-state index contributed by atoms with van der Waals surface area (Å²) in [6.45, 7) is 0. The van der Waals surface area contributed by atoms with Gasteiger partial charge in [0.25, 0.3) is 5.69 Å². The van der Waals surface area contributed by atoms with Crippen LogP contribution in [0.3, 0.4) is 0 Å². The van der Waals surface area contributed by atoms with Crippen LogP contribution in [-0.2, 0) is 0 Å². The van der Waals surface area contributed by atoms with Crippen LogP contribution in [0.2, 0.25) is 0 Å². The van der Waals surface area contributed by atoms with Crippen molar-refractivity contribution in [2.75, 3.05) is 5.43 Å². The van der Waals surface area contributed by atoms with Crippen molar-refractivity contribution in [3.63, 3.8) is 0 Å². The van der Waals surface area contributed by atoms with Crippen molar-refractivity contribution >= 4 is 17.1 Å². The zero-order valence-corrected chi connectivity index (χ0v) is 13.5. The highest BCUT2D eigenvalue weighted by Crippen LogP contribution is 2.37. The standard InChI is InChI=1S/C18H25N3O2/c22-21(23)18-13-7-6-12-17(18)20-19-16-11-5-4-10-15(16)14-8-2-1-3-9-14/h6-7,12-15,20H,1-5,8-11H2/b19-16-. The Kier molecular flexibility index (Phi) is 5.26. The van der Waals surface area contributed by atoms with Crippen molar-refractivity contribution in [1.29, 1.82) is 0 Å². The van der Waals surface area contributed by atoms with Crippen LogP contribution in [0.4, 0.5) is 11.4 Å². The zero-order chi connectivity index (χ0) is 16.1. The first-order chi connectivity index (χ1) is 11.3. The number of nitro benzene ring substituents is 1. The number of nitrogens with one attached hydrogen (secondary N) is 1. The fraction of sp³-hybridized carbons (Fsp3) is 0.611. The van der Waals surface area contributed by atoms with Gasteiger partial charge in [-0.1, -0.05) is 37.8 Å². The van der Waals surface area contributed by atoms with E-state index in [0.717, 1.165) is 12.3 Å². The monoisotopic (exact) mass is 315 g/mol. The summed E-state index contributed by atoms with van der Waals surface area (Å²) < 4.78 is 0. The van der Waals surface area contributed by atoms with Gasteiger partial charge in [-0.25, -0.2) is 0 Å². The first-order valence-electron chi connectivity index (χ1n) is 8.81. The molecule has 0 radical (unpaired) electrons. The van der Waals surface area contributed by atoms with Crippen molar-refractivity contribution < 1.29 is 4.92 Å². The van der Waals surface area contributed by atoms with Gasteiger partial charge in [0.1, 0.15) is 5.69 Å². The highest BCUT2D eigenvalue weighted by molar-refractivity contribution is 5.88. The predicted octanol–water partition coefficient (Wildman–Crippen LogP) is 5.13. The number of hydrogen-bond donors (Lipinski definition) is 1. The van der Waals surface area contributed by atoms with E-state index in [1.54, 1.807) is 18.2 Å². The van der Waals surface area contributed by atoms with E-state index in [1.807, 2.05) is 0 Å². The fourth-order valence-electron chi connectivity index (χ4n) is 4.06. The Morgan fingerprint density at radius 3 is 2.57 bits per heavy atom. The maximum atomic E-state index is 11.1. The van der Waals surface area contributed by atoms with Crippen molar-refractivity contribution in [3.8, 4) is 0 Å². The van der Waals surface area contributed by atoms with Crippen LogP contribution in [-0.4, -0.2) is 10.6 Å². The van der Waals surface area contributed by atoms with Crippen molar-refractivity contribution in [3.05, 3.63) is 34.4 Å². The molecular formula is C18H25N3O2. The Balaban J connectivity index is 1.75. The number of nitro groups is 1. The SMILES string of the molecule is O=[N+]([O-])c1ccccc1N/N=C1/CCCCC1C1CCCCC1. The molecule has 5 nitrogen and oxygen atoms in total. The zero-order valence-electron chi connectivity index (χ0n) is 13.5. The Hall–Kier alpha value is -1.91. The molecule has 1 unspecified atom stereocenters. The largest absolute Gasteiger partial charge is 0.294 e. The van der Waals surface area contributed by atoms with Crippen LogP contribution in [0.5, 0.6) is 0 Å². The highest BCUT2D eigenvalue weighted by atomic mass is 16.6. The third-order valence-electron chi connectivity index (χ3n) is 5.27. The summed E-state index contributed by atoms with van der Waals surface area (Å²) in [5.41, 5.74) is 4.77. The lowest BCUT2D eigenvalue weighted by Gasteiger charge is -2.34.